The van der Waals surface area contributed by atoms with E-state index >= 15 is 0 Å². The average Bonchev–Trinajstić information content (AvgIpc) is 2.60. The van der Waals surface area contributed by atoms with Gasteiger partial charge < -0.3 is 0 Å². The van der Waals surface area contributed by atoms with Crippen molar-refractivity contribution < 1.29 is 4.79 Å². The number of carbonyl (C=O) groups is 1. The number of Topliss-reactive ketones (excluding diaryl/α,β-unsaturated/α-hetero) is 1. The Morgan fingerprint density at radius 2 is 2.08 bits per heavy atom. The van der Waals surface area contributed by atoms with Crippen molar-refractivity contribution >= 4 is 5.78 Å². The summed E-state index contributed by atoms with van der Waals surface area (Å²) in [5.41, 5.74) is 0.190. The van der Waals surface area contributed by atoms with Crippen LogP contribution in [0.3, 0.4) is 0 Å². The summed E-state index contributed by atoms with van der Waals surface area (Å²) < 4.78 is 0. The lowest BCUT2D eigenvalue weighted by Crippen LogP contribution is -2.29. The van der Waals surface area contributed by atoms with Gasteiger partial charge in [0.1, 0.15) is 0 Å². The molecule has 1 saturated carbocycles. The monoisotopic (exact) mass is 167 g/mol. The first-order valence-corrected chi connectivity index (χ1v) is 4.83. The molecule has 68 valence electrons. The molecular weight excluding hydrogens is 150 g/mol. The van der Waals surface area contributed by atoms with E-state index in [1.54, 1.807) is 0 Å². The maximum atomic E-state index is 11.5. The molecule has 2 nitrogen and oxygen atoms in total. The molecule has 12 heavy (non-hydrogen) atoms. The largest absolute Gasteiger partial charge is 0.298 e. The van der Waals surface area contributed by atoms with E-state index in [1.165, 1.54) is 6.42 Å². The van der Waals surface area contributed by atoms with E-state index in [-0.39, 0.29) is 5.54 Å². The Labute approximate surface area is 73.9 Å². The maximum Gasteiger partial charge on any atom is 0.151 e. The Balaban J connectivity index is 2.10. The number of ketones is 1. The van der Waals surface area contributed by atoms with Gasteiger partial charge in [0.05, 0.1) is 6.04 Å². The van der Waals surface area contributed by atoms with E-state index in [0.29, 0.717) is 17.9 Å². The number of nitrogens with zero attached hydrogens (tertiary/aromatic N) is 1. The summed E-state index contributed by atoms with van der Waals surface area (Å²) >= 11 is 0. The Morgan fingerprint density at radius 1 is 1.42 bits per heavy atom. The lowest BCUT2D eigenvalue weighted by atomic mass is 10.00. The number of fused-ring (bicyclic) bond motifs is 1. The molecule has 0 aromatic rings. The van der Waals surface area contributed by atoms with Crippen LogP contribution in [0, 0.1) is 0 Å². The number of carbonyl (C=O) groups excluding carboxylic acids is 1. The molecular formula is C10H17NO. The van der Waals surface area contributed by atoms with Crippen LogP contribution >= 0.6 is 0 Å². The predicted molar refractivity (Wildman–Crippen MR) is 48.0 cm³/mol. The molecule has 0 N–H and O–H groups in total. The predicted octanol–water partition coefficient (Wildman–Crippen LogP) is 1.59. The lowest BCUT2D eigenvalue weighted by molar-refractivity contribution is -0.120. The van der Waals surface area contributed by atoms with Crippen molar-refractivity contribution in [3.05, 3.63) is 0 Å². The van der Waals surface area contributed by atoms with Gasteiger partial charge in [-0.2, -0.15) is 0 Å². The summed E-state index contributed by atoms with van der Waals surface area (Å²) in [6.07, 6.45) is 3.15. The second-order valence-corrected chi connectivity index (χ2v) is 4.95. The topological polar surface area (TPSA) is 20.1 Å². The van der Waals surface area contributed by atoms with Gasteiger partial charge in [0.2, 0.25) is 0 Å². The zero-order chi connectivity index (χ0) is 8.93. The van der Waals surface area contributed by atoms with Gasteiger partial charge in [0.25, 0.3) is 0 Å². The van der Waals surface area contributed by atoms with Crippen molar-refractivity contribution in [2.24, 2.45) is 0 Å². The molecule has 0 radical (unpaired) electrons. The summed E-state index contributed by atoms with van der Waals surface area (Å²) in [5.74, 6) is 0.473. The average molecular weight is 167 g/mol. The van der Waals surface area contributed by atoms with Crippen LogP contribution in [0.25, 0.3) is 0 Å². The van der Waals surface area contributed by atoms with E-state index in [4.69, 9.17) is 0 Å². The SMILES string of the molecule is CC(C)(C)N1C2CCCC(=O)C21. The summed E-state index contributed by atoms with van der Waals surface area (Å²) in [4.78, 5) is 13.8. The zero-order valence-electron chi connectivity index (χ0n) is 8.13. The lowest BCUT2D eigenvalue weighted by Gasteiger charge is -2.21. The molecule has 1 aliphatic carbocycles. The van der Waals surface area contributed by atoms with E-state index in [9.17, 15) is 4.79 Å². The third-order valence-electron chi connectivity index (χ3n) is 2.96. The van der Waals surface area contributed by atoms with Gasteiger partial charge in [-0.1, -0.05) is 0 Å². The van der Waals surface area contributed by atoms with Crippen LogP contribution < -0.4 is 0 Å². The summed E-state index contributed by atoms with van der Waals surface area (Å²) in [5, 5.41) is 0. The van der Waals surface area contributed by atoms with Gasteiger partial charge in [-0.05, 0) is 33.6 Å². The van der Waals surface area contributed by atoms with Gasteiger partial charge in [-0.3, -0.25) is 9.69 Å². The van der Waals surface area contributed by atoms with Crippen molar-refractivity contribution in [1.82, 2.24) is 4.90 Å². The van der Waals surface area contributed by atoms with Gasteiger partial charge >= 0.3 is 0 Å². The third kappa shape index (κ3) is 1.09. The molecule has 2 fully saturated rings. The van der Waals surface area contributed by atoms with E-state index < -0.39 is 0 Å². The standard InChI is InChI=1S/C10H17NO/c1-10(2,3)11-7-5-4-6-8(12)9(7)11/h7,9H,4-6H2,1-3H3. The van der Waals surface area contributed by atoms with Crippen molar-refractivity contribution in [3.63, 3.8) is 0 Å². The first-order valence-electron chi connectivity index (χ1n) is 4.83. The van der Waals surface area contributed by atoms with Crippen LogP contribution in [-0.2, 0) is 4.79 Å². The molecule has 0 bridgehead atoms. The highest BCUT2D eigenvalue weighted by atomic mass is 16.1. The highest BCUT2D eigenvalue weighted by Crippen LogP contribution is 2.43. The first-order chi connectivity index (χ1) is 5.52. The van der Waals surface area contributed by atoms with Crippen LogP contribution in [-0.4, -0.2) is 28.3 Å². The van der Waals surface area contributed by atoms with Crippen molar-refractivity contribution in [2.45, 2.75) is 57.7 Å². The minimum Gasteiger partial charge on any atom is -0.298 e. The van der Waals surface area contributed by atoms with Crippen LogP contribution in [0.15, 0.2) is 0 Å². The number of rotatable bonds is 0. The van der Waals surface area contributed by atoms with E-state index in [0.717, 1.165) is 12.8 Å². The molecule has 2 rings (SSSR count). The highest BCUT2D eigenvalue weighted by molar-refractivity contribution is 5.88. The minimum absolute atomic E-state index is 0.190. The normalized spacial score (nSPS) is 40.9. The molecule has 1 aliphatic heterocycles. The second kappa shape index (κ2) is 2.32. The molecule has 0 aromatic carbocycles. The molecule has 1 heterocycles. The maximum absolute atomic E-state index is 11.5. The minimum atomic E-state index is 0.190. The fourth-order valence-electron chi connectivity index (χ4n) is 2.49. The summed E-state index contributed by atoms with van der Waals surface area (Å²) in [6.45, 7) is 6.58. The van der Waals surface area contributed by atoms with Crippen LogP contribution in [0.2, 0.25) is 0 Å². The van der Waals surface area contributed by atoms with Crippen molar-refractivity contribution in [1.29, 1.82) is 0 Å². The Kier molecular flexibility index (Phi) is 1.59. The Bertz CT molecular complexity index is 216. The molecule has 3 atom stereocenters. The molecule has 0 spiro atoms. The van der Waals surface area contributed by atoms with Gasteiger partial charge in [-0.25, -0.2) is 0 Å². The number of hydrogen-bond acceptors (Lipinski definition) is 2. The van der Waals surface area contributed by atoms with E-state index in [2.05, 4.69) is 25.7 Å². The van der Waals surface area contributed by atoms with Crippen LogP contribution in [0.1, 0.15) is 40.0 Å². The summed E-state index contributed by atoms with van der Waals surface area (Å²) in [7, 11) is 0. The highest BCUT2D eigenvalue weighted by Gasteiger charge is 2.57. The Hall–Kier alpha value is -0.370. The van der Waals surface area contributed by atoms with Gasteiger partial charge in [-0.15, -0.1) is 0 Å². The molecule has 0 aromatic heterocycles. The van der Waals surface area contributed by atoms with Crippen molar-refractivity contribution in [2.75, 3.05) is 0 Å². The quantitative estimate of drug-likeness (QED) is 0.511. The second-order valence-electron chi connectivity index (χ2n) is 4.95. The van der Waals surface area contributed by atoms with Gasteiger partial charge in [0, 0.05) is 18.0 Å². The fraction of sp³-hybridized carbons (Fsp3) is 0.900. The van der Waals surface area contributed by atoms with Crippen molar-refractivity contribution in [3.8, 4) is 0 Å². The van der Waals surface area contributed by atoms with Crippen LogP contribution in [0.4, 0.5) is 0 Å². The first kappa shape index (κ1) is 8.24. The zero-order valence-corrected chi connectivity index (χ0v) is 8.13. The summed E-state index contributed by atoms with van der Waals surface area (Å²) in [6, 6.07) is 0.880. The number of likely N-dealkylation sites (tertiary alicyclic amines) is 1. The van der Waals surface area contributed by atoms with Crippen LogP contribution in [0.5, 0.6) is 0 Å². The molecule has 0 amide bonds. The fourth-order valence-corrected chi connectivity index (χ4v) is 2.49. The number of hydrogen-bond donors (Lipinski definition) is 0. The van der Waals surface area contributed by atoms with E-state index in [1.807, 2.05) is 0 Å². The third-order valence-corrected chi connectivity index (χ3v) is 2.96. The molecule has 3 unspecified atom stereocenters. The molecule has 2 aliphatic rings. The van der Waals surface area contributed by atoms with Gasteiger partial charge in [0.15, 0.2) is 5.78 Å². The smallest absolute Gasteiger partial charge is 0.151 e. The molecule has 1 saturated heterocycles. The Morgan fingerprint density at radius 3 is 2.58 bits per heavy atom. The molecule has 2 heteroatoms.